The first-order valence-electron chi connectivity index (χ1n) is 8.43. The minimum atomic E-state index is -0.0172. The molecule has 2 aromatic carbocycles. The van der Waals surface area contributed by atoms with Gasteiger partial charge in [0.05, 0.1) is 20.8 Å². The first-order chi connectivity index (χ1) is 12.5. The molecule has 2 aromatic rings. The van der Waals surface area contributed by atoms with E-state index < -0.39 is 0 Å². The second kappa shape index (κ2) is 10.0. The summed E-state index contributed by atoms with van der Waals surface area (Å²) in [4.78, 5) is 14.1. The third-order valence-corrected chi connectivity index (χ3v) is 4.20. The topological polar surface area (TPSA) is 50.8 Å². The maximum Gasteiger partial charge on any atom is 0.234 e. The summed E-state index contributed by atoms with van der Waals surface area (Å²) in [5.41, 5.74) is 2.08. The van der Waals surface area contributed by atoms with E-state index in [-0.39, 0.29) is 5.91 Å². The number of carbonyl (C=O) groups is 1. The van der Waals surface area contributed by atoms with Gasteiger partial charge in [0.15, 0.2) is 11.5 Å². The number of para-hydroxylation sites is 1. The van der Waals surface area contributed by atoms with Crippen LogP contribution in [0, 0.1) is 0 Å². The Labute approximate surface area is 159 Å². The molecule has 2 rings (SSSR count). The van der Waals surface area contributed by atoms with Gasteiger partial charge in [0, 0.05) is 23.7 Å². The molecule has 0 heterocycles. The summed E-state index contributed by atoms with van der Waals surface area (Å²) >= 11 is 5.97. The molecule has 0 saturated carbocycles. The standard InChI is InChI=1S/C20H25ClN2O3/c1-23(13-16-7-5-9-18(25-2)20(16)26-3)14-19(24)22-11-10-15-6-4-8-17(21)12-15/h4-9,12H,10-11,13-14H2,1-3H3,(H,22,24). The van der Waals surface area contributed by atoms with Gasteiger partial charge in [-0.05, 0) is 37.2 Å². The highest BCUT2D eigenvalue weighted by Crippen LogP contribution is 2.31. The molecule has 0 saturated heterocycles. The molecule has 0 aromatic heterocycles. The Hall–Kier alpha value is -2.24. The minimum Gasteiger partial charge on any atom is -0.493 e. The average Bonchev–Trinajstić information content (AvgIpc) is 2.61. The number of rotatable bonds is 9. The maximum atomic E-state index is 12.1. The van der Waals surface area contributed by atoms with Gasteiger partial charge in [-0.15, -0.1) is 0 Å². The molecule has 140 valence electrons. The van der Waals surface area contributed by atoms with Gasteiger partial charge in [-0.3, -0.25) is 9.69 Å². The largest absolute Gasteiger partial charge is 0.493 e. The summed E-state index contributed by atoms with van der Waals surface area (Å²) in [6, 6.07) is 13.4. The predicted octanol–water partition coefficient (Wildman–Crippen LogP) is 3.15. The van der Waals surface area contributed by atoms with Crippen molar-refractivity contribution in [3.63, 3.8) is 0 Å². The van der Waals surface area contributed by atoms with Crippen LogP contribution in [0.2, 0.25) is 5.02 Å². The van der Waals surface area contributed by atoms with Crippen LogP contribution >= 0.6 is 11.6 Å². The summed E-state index contributed by atoms with van der Waals surface area (Å²) in [6.45, 7) is 1.47. The Balaban J connectivity index is 1.82. The van der Waals surface area contributed by atoms with Crippen molar-refractivity contribution in [3.05, 3.63) is 58.6 Å². The van der Waals surface area contributed by atoms with Gasteiger partial charge in [-0.1, -0.05) is 35.9 Å². The van der Waals surface area contributed by atoms with Gasteiger partial charge < -0.3 is 14.8 Å². The summed E-state index contributed by atoms with van der Waals surface area (Å²) in [6.07, 6.45) is 0.750. The molecule has 0 aliphatic rings. The lowest BCUT2D eigenvalue weighted by Crippen LogP contribution is -2.35. The fraction of sp³-hybridized carbons (Fsp3) is 0.350. The van der Waals surface area contributed by atoms with E-state index in [1.54, 1.807) is 14.2 Å². The van der Waals surface area contributed by atoms with Crippen molar-refractivity contribution in [3.8, 4) is 11.5 Å². The van der Waals surface area contributed by atoms with E-state index in [0.29, 0.717) is 36.2 Å². The van der Waals surface area contributed by atoms with Crippen LogP contribution in [0.25, 0.3) is 0 Å². The second-order valence-electron chi connectivity index (χ2n) is 6.05. The highest BCUT2D eigenvalue weighted by molar-refractivity contribution is 6.30. The van der Waals surface area contributed by atoms with E-state index in [0.717, 1.165) is 17.5 Å². The number of halogens is 1. The third kappa shape index (κ3) is 5.93. The molecule has 0 bridgehead atoms. The van der Waals surface area contributed by atoms with Crippen LogP contribution < -0.4 is 14.8 Å². The molecular weight excluding hydrogens is 352 g/mol. The zero-order valence-corrected chi connectivity index (χ0v) is 16.2. The quantitative estimate of drug-likeness (QED) is 0.730. The van der Waals surface area contributed by atoms with Crippen molar-refractivity contribution < 1.29 is 14.3 Å². The Morgan fingerprint density at radius 1 is 1.15 bits per heavy atom. The summed E-state index contributed by atoms with van der Waals surface area (Å²) in [5.74, 6) is 1.36. The Kier molecular flexibility index (Phi) is 7.75. The molecule has 0 radical (unpaired) electrons. The molecule has 0 aliphatic heterocycles. The van der Waals surface area contributed by atoms with Gasteiger partial charge in [0.2, 0.25) is 5.91 Å². The molecule has 5 nitrogen and oxygen atoms in total. The van der Waals surface area contributed by atoms with E-state index >= 15 is 0 Å². The highest BCUT2D eigenvalue weighted by Gasteiger charge is 2.13. The van der Waals surface area contributed by atoms with Gasteiger partial charge in [0.25, 0.3) is 0 Å². The van der Waals surface area contributed by atoms with Gasteiger partial charge in [0.1, 0.15) is 0 Å². The summed E-state index contributed by atoms with van der Waals surface area (Å²) < 4.78 is 10.7. The van der Waals surface area contributed by atoms with Gasteiger partial charge >= 0.3 is 0 Å². The molecule has 1 amide bonds. The number of benzene rings is 2. The number of nitrogens with zero attached hydrogens (tertiary/aromatic N) is 1. The Morgan fingerprint density at radius 3 is 2.62 bits per heavy atom. The number of ether oxygens (including phenoxy) is 2. The van der Waals surface area contributed by atoms with Crippen LogP contribution in [-0.2, 0) is 17.8 Å². The van der Waals surface area contributed by atoms with Crippen LogP contribution in [0.4, 0.5) is 0 Å². The maximum absolute atomic E-state index is 12.1. The number of methoxy groups -OCH3 is 2. The van der Waals surface area contributed by atoms with Crippen LogP contribution in [-0.4, -0.2) is 45.2 Å². The van der Waals surface area contributed by atoms with Crippen LogP contribution in [0.5, 0.6) is 11.5 Å². The molecule has 26 heavy (non-hydrogen) atoms. The first kappa shape index (κ1) is 20.1. The van der Waals surface area contributed by atoms with E-state index in [2.05, 4.69) is 5.32 Å². The number of amides is 1. The molecule has 0 aliphatic carbocycles. The lowest BCUT2D eigenvalue weighted by Gasteiger charge is -2.19. The van der Waals surface area contributed by atoms with Crippen LogP contribution in [0.3, 0.4) is 0 Å². The molecular formula is C20H25ClN2O3. The number of nitrogens with one attached hydrogen (secondary N) is 1. The smallest absolute Gasteiger partial charge is 0.234 e. The second-order valence-corrected chi connectivity index (χ2v) is 6.49. The molecule has 6 heteroatoms. The van der Waals surface area contributed by atoms with Crippen molar-refractivity contribution in [1.29, 1.82) is 0 Å². The number of likely N-dealkylation sites (N-methyl/N-ethyl adjacent to an activating group) is 1. The summed E-state index contributed by atoms with van der Waals surface area (Å²) in [5, 5.41) is 3.65. The third-order valence-electron chi connectivity index (χ3n) is 3.96. The predicted molar refractivity (Wildman–Crippen MR) is 104 cm³/mol. The molecule has 1 N–H and O–H groups in total. The van der Waals surface area contributed by atoms with Crippen LogP contribution in [0.15, 0.2) is 42.5 Å². The van der Waals surface area contributed by atoms with Crippen molar-refractivity contribution in [2.45, 2.75) is 13.0 Å². The number of carbonyl (C=O) groups excluding carboxylic acids is 1. The van der Waals surface area contributed by atoms with Crippen molar-refractivity contribution in [1.82, 2.24) is 10.2 Å². The van der Waals surface area contributed by atoms with Gasteiger partial charge in [-0.25, -0.2) is 0 Å². The molecule has 0 unspecified atom stereocenters. The lowest BCUT2D eigenvalue weighted by molar-refractivity contribution is -0.122. The number of hydrogen-bond donors (Lipinski definition) is 1. The number of hydrogen-bond acceptors (Lipinski definition) is 4. The van der Waals surface area contributed by atoms with Crippen molar-refractivity contribution in [2.24, 2.45) is 0 Å². The normalized spacial score (nSPS) is 10.7. The minimum absolute atomic E-state index is 0.0172. The fourth-order valence-electron chi connectivity index (χ4n) is 2.76. The molecule has 0 spiro atoms. The lowest BCUT2D eigenvalue weighted by atomic mass is 10.1. The monoisotopic (exact) mass is 376 g/mol. The molecule has 0 fully saturated rings. The van der Waals surface area contributed by atoms with Crippen LogP contribution in [0.1, 0.15) is 11.1 Å². The van der Waals surface area contributed by atoms with E-state index in [1.807, 2.05) is 54.4 Å². The zero-order chi connectivity index (χ0) is 18.9. The SMILES string of the molecule is COc1cccc(CN(C)CC(=O)NCCc2cccc(Cl)c2)c1OC. The highest BCUT2D eigenvalue weighted by atomic mass is 35.5. The summed E-state index contributed by atoms with van der Waals surface area (Å²) in [7, 11) is 5.12. The Morgan fingerprint density at radius 2 is 1.92 bits per heavy atom. The van der Waals surface area contributed by atoms with E-state index in [4.69, 9.17) is 21.1 Å². The van der Waals surface area contributed by atoms with Crippen molar-refractivity contribution >= 4 is 17.5 Å². The average molecular weight is 377 g/mol. The fourth-order valence-corrected chi connectivity index (χ4v) is 2.98. The van der Waals surface area contributed by atoms with Crippen molar-refractivity contribution in [2.75, 3.05) is 34.4 Å². The van der Waals surface area contributed by atoms with E-state index in [1.165, 1.54) is 0 Å². The van der Waals surface area contributed by atoms with E-state index in [9.17, 15) is 4.79 Å². The van der Waals surface area contributed by atoms with Gasteiger partial charge in [-0.2, -0.15) is 0 Å². The molecule has 0 atom stereocenters. The zero-order valence-electron chi connectivity index (χ0n) is 15.4. The first-order valence-corrected chi connectivity index (χ1v) is 8.81. The Bertz CT molecular complexity index is 737.